The van der Waals surface area contributed by atoms with Gasteiger partial charge < -0.3 is 10.8 Å². The lowest BCUT2D eigenvalue weighted by Gasteiger charge is -2.05. The maximum absolute atomic E-state index is 10.9. The predicted octanol–water partition coefficient (Wildman–Crippen LogP) is 1.11. The zero-order chi connectivity index (χ0) is 11.0. The molecule has 15 heavy (non-hydrogen) atoms. The highest BCUT2D eigenvalue weighted by Crippen LogP contribution is 2.40. The number of carbonyl (C=O) groups is 1. The van der Waals surface area contributed by atoms with Crippen molar-refractivity contribution in [3.05, 3.63) is 22.9 Å². The molecule has 1 aliphatic rings. The third kappa shape index (κ3) is 1.62. The summed E-state index contributed by atoms with van der Waals surface area (Å²) in [6, 6.07) is 3.22. The van der Waals surface area contributed by atoms with Crippen molar-refractivity contribution in [1.82, 2.24) is 4.98 Å². The van der Waals surface area contributed by atoms with E-state index >= 15 is 0 Å². The summed E-state index contributed by atoms with van der Waals surface area (Å²) in [6.07, 6.45) is 2.02. The fourth-order valence-corrected chi connectivity index (χ4v) is 1.46. The Morgan fingerprint density at radius 2 is 2.33 bits per heavy atom. The quantitative estimate of drug-likeness (QED) is 0.749. The maximum atomic E-state index is 10.9. The molecule has 0 atom stereocenters. The molecule has 1 saturated carbocycles. The minimum Gasteiger partial charge on any atom is -0.478 e. The minimum absolute atomic E-state index is 0.0132. The van der Waals surface area contributed by atoms with Crippen LogP contribution >= 0.6 is 0 Å². The number of nitrogens with zero attached hydrogens (tertiary/aromatic N) is 2. The van der Waals surface area contributed by atoms with Crippen LogP contribution in [0.15, 0.2) is 6.07 Å². The Morgan fingerprint density at radius 3 is 2.80 bits per heavy atom. The summed E-state index contributed by atoms with van der Waals surface area (Å²) < 4.78 is 0. The second kappa shape index (κ2) is 3.24. The summed E-state index contributed by atoms with van der Waals surface area (Å²) in [4.78, 5) is 14.9. The Bertz CT molecular complexity index is 472. The van der Waals surface area contributed by atoms with Crippen molar-refractivity contribution in [2.45, 2.75) is 18.8 Å². The van der Waals surface area contributed by atoms with Gasteiger partial charge in [0.2, 0.25) is 0 Å². The normalized spacial score (nSPS) is 14.6. The highest BCUT2D eigenvalue weighted by atomic mass is 16.4. The first-order chi connectivity index (χ1) is 7.13. The highest BCUT2D eigenvalue weighted by molar-refractivity contribution is 5.92. The van der Waals surface area contributed by atoms with Gasteiger partial charge >= 0.3 is 5.97 Å². The minimum atomic E-state index is -1.14. The average Bonchev–Trinajstić information content (AvgIpc) is 2.99. The molecule has 1 aromatic rings. The smallest absolute Gasteiger partial charge is 0.337 e. The highest BCUT2D eigenvalue weighted by Gasteiger charge is 2.27. The van der Waals surface area contributed by atoms with Crippen LogP contribution in [-0.2, 0) is 0 Å². The van der Waals surface area contributed by atoms with Crippen molar-refractivity contribution < 1.29 is 9.90 Å². The second-order valence-electron chi connectivity index (χ2n) is 3.55. The monoisotopic (exact) mass is 203 g/mol. The van der Waals surface area contributed by atoms with Crippen molar-refractivity contribution in [1.29, 1.82) is 5.26 Å². The molecule has 76 valence electrons. The van der Waals surface area contributed by atoms with E-state index in [1.165, 1.54) is 6.07 Å². The van der Waals surface area contributed by atoms with Gasteiger partial charge in [0, 0.05) is 11.6 Å². The Balaban J connectivity index is 2.58. The van der Waals surface area contributed by atoms with E-state index < -0.39 is 5.97 Å². The van der Waals surface area contributed by atoms with Crippen LogP contribution < -0.4 is 5.73 Å². The summed E-state index contributed by atoms with van der Waals surface area (Å²) in [7, 11) is 0. The molecular formula is C10H9N3O2. The van der Waals surface area contributed by atoms with Crippen LogP contribution in [0.5, 0.6) is 0 Å². The van der Waals surface area contributed by atoms with Crippen molar-refractivity contribution in [2.24, 2.45) is 0 Å². The van der Waals surface area contributed by atoms with Crippen LogP contribution in [0.4, 0.5) is 5.82 Å². The number of nitrogen functional groups attached to an aromatic ring is 1. The lowest BCUT2D eigenvalue weighted by atomic mass is 10.1. The summed E-state index contributed by atoms with van der Waals surface area (Å²) in [5.74, 6) is -0.806. The van der Waals surface area contributed by atoms with E-state index in [-0.39, 0.29) is 16.9 Å². The van der Waals surface area contributed by atoms with Crippen molar-refractivity contribution in [2.75, 3.05) is 5.73 Å². The average molecular weight is 203 g/mol. The third-order valence-electron chi connectivity index (χ3n) is 2.41. The molecule has 1 aromatic heterocycles. The maximum Gasteiger partial charge on any atom is 0.337 e. The third-order valence-corrected chi connectivity index (χ3v) is 2.41. The predicted molar refractivity (Wildman–Crippen MR) is 52.3 cm³/mol. The first-order valence-electron chi connectivity index (χ1n) is 4.57. The number of hydrogen-bond donors (Lipinski definition) is 2. The SMILES string of the molecule is N#Cc1c(C(=O)O)cc(C2CC2)nc1N. The number of anilines is 1. The molecule has 0 bridgehead atoms. The number of nitrogens with two attached hydrogens (primary N) is 1. The van der Waals surface area contributed by atoms with Gasteiger partial charge in [-0.2, -0.15) is 5.26 Å². The summed E-state index contributed by atoms with van der Waals surface area (Å²) >= 11 is 0. The molecule has 0 unspecified atom stereocenters. The van der Waals surface area contributed by atoms with Crippen LogP contribution in [0.2, 0.25) is 0 Å². The Morgan fingerprint density at radius 1 is 1.67 bits per heavy atom. The molecule has 0 spiro atoms. The van der Waals surface area contributed by atoms with Gasteiger partial charge in [-0.1, -0.05) is 0 Å². The van der Waals surface area contributed by atoms with Gasteiger partial charge in [-0.05, 0) is 18.9 Å². The van der Waals surface area contributed by atoms with Gasteiger partial charge in [-0.25, -0.2) is 9.78 Å². The van der Waals surface area contributed by atoms with Crippen LogP contribution in [0.1, 0.15) is 40.4 Å². The molecule has 0 aliphatic heterocycles. The molecule has 5 heteroatoms. The zero-order valence-electron chi connectivity index (χ0n) is 7.90. The fraction of sp³-hybridized carbons (Fsp3) is 0.300. The molecule has 5 nitrogen and oxygen atoms in total. The molecule has 1 heterocycles. The van der Waals surface area contributed by atoms with E-state index in [4.69, 9.17) is 16.1 Å². The van der Waals surface area contributed by atoms with Crippen molar-refractivity contribution in [3.63, 3.8) is 0 Å². The van der Waals surface area contributed by atoms with E-state index in [1.807, 2.05) is 0 Å². The first kappa shape index (κ1) is 9.46. The summed E-state index contributed by atoms with van der Waals surface area (Å²) in [5, 5.41) is 17.7. The molecular weight excluding hydrogens is 194 g/mol. The number of rotatable bonds is 2. The number of carboxylic acid groups (broad SMARTS) is 1. The Hall–Kier alpha value is -2.09. The lowest BCUT2D eigenvalue weighted by molar-refractivity contribution is 0.0696. The number of pyridine rings is 1. The summed E-state index contributed by atoms with van der Waals surface area (Å²) in [6.45, 7) is 0. The van der Waals surface area contributed by atoms with Crippen molar-refractivity contribution in [3.8, 4) is 6.07 Å². The number of aromatic carboxylic acids is 1. The molecule has 0 radical (unpaired) electrons. The van der Waals surface area contributed by atoms with Gasteiger partial charge in [0.1, 0.15) is 17.5 Å². The second-order valence-corrected chi connectivity index (χ2v) is 3.55. The molecule has 1 fully saturated rings. The van der Waals surface area contributed by atoms with E-state index in [0.29, 0.717) is 11.6 Å². The number of aromatic nitrogens is 1. The number of carboxylic acids is 1. The molecule has 1 aliphatic carbocycles. The lowest BCUT2D eigenvalue weighted by Crippen LogP contribution is -2.07. The largest absolute Gasteiger partial charge is 0.478 e. The van der Waals surface area contributed by atoms with E-state index in [1.54, 1.807) is 6.07 Å². The van der Waals surface area contributed by atoms with Crippen molar-refractivity contribution >= 4 is 11.8 Å². The number of nitriles is 1. The van der Waals surface area contributed by atoms with E-state index in [9.17, 15) is 4.79 Å². The molecule has 0 amide bonds. The standard InChI is InChI=1S/C10H9N3O2/c11-4-7-6(10(14)15)3-8(5-1-2-5)13-9(7)12/h3,5H,1-2H2,(H2,12,13)(H,14,15). The molecule has 0 saturated heterocycles. The van der Waals surface area contributed by atoms with Gasteiger partial charge in [-0.15, -0.1) is 0 Å². The fourth-order valence-electron chi connectivity index (χ4n) is 1.46. The Labute approximate surface area is 86.2 Å². The molecule has 2 rings (SSSR count). The molecule has 3 N–H and O–H groups in total. The van der Waals surface area contributed by atoms with Gasteiger partial charge in [0.15, 0.2) is 0 Å². The first-order valence-corrected chi connectivity index (χ1v) is 4.57. The topological polar surface area (TPSA) is 100 Å². The number of hydrogen-bond acceptors (Lipinski definition) is 4. The van der Waals surface area contributed by atoms with E-state index in [2.05, 4.69) is 4.98 Å². The zero-order valence-corrected chi connectivity index (χ0v) is 7.90. The van der Waals surface area contributed by atoms with Gasteiger partial charge in [0.05, 0.1) is 5.56 Å². The Kier molecular flexibility index (Phi) is 2.05. The molecule has 0 aromatic carbocycles. The van der Waals surface area contributed by atoms with Crippen LogP contribution in [0.3, 0.4) is 0 Å². The van der Waals surface area contributed by atoms with Gasteiger partial charge in [-0.3, -0.25) is 0 Å². The van der Waals surface area contributed by atoms with Gasteiger partial charge in [0.25, 0.3) is 0 Å². The van der Waals surface area contributed by atoms with Crippen LogP contribution in [0, 0.1) is 11.3 Å². The van der Waals surface area contributed by atoms with Crippen LogP contribution in [-0.4, -0.2) is 16.1 Å². The van der Waals surface area contributed by atoms with Crippen LogP contribution in [0.25, 0.3) is 0 Å². The van der Waals surface area contributed by atoms with E-state index in [0.717, 1.165) is 12.8 Å². The summed E-state index contributed by atoms with van der Waals surface area (Å²) in [5.41, 5.74) is 6.12.